The lowest BCUT2D eigenvalue weighted by Crippen LogP contribution is -2.62. The molecule has 1 heterocycles. The minimum atomic E-state index is 0.332. The Bertz CT molecular complexity index is 458. The molecule has 104 valence electrons. The Hall–Kier alpha value is -0.380. The zero-order chi connectivity index (χ0) is 13.5. The predicted molar refractivity (Wildman–Crippen MR) is 83.1 cm³/mol. The molecular formula is C16H23BrN2. The molecule has 2 atom stereocenters. The molecule has 19 heavy (non-hydrogen) atoms. The van der Waals surface area contributed by atoms with Crippen LogP contribution in [0.4, 0.5) is 0 Å². The van der Waals surface area contributed by atoms with E-state index in [2.05, 4.69) is 64.3 Å². The van der Waals surface area contributed by atoms with Gasteiger partial charge in [0.15, 0.2) is 0 Å². The van der Waals surface area contributed by atoms with Crippen molar-refractivity contribution in [3.05, 3.63) is 34.3 Å². The second-order valence-corrected chi connectivity index (χ2v) is 7.37. The smallest absolute Gasteiger partial charge is 0.0309 e. The summed E-state index contributed by atoms with van der Waals surface area (Å²) in [5.74, 6) is 0.894. The van der Waals surface area contributed by atoms with Crippen molar-refractivity contribution < 1.29 is 0 Å². The Balaban J connectivity index is 1.71. The zero-order valence-electron chi connectivity index (χ0n) is 11.8. The number of hydrogen-bond donors (Lipinski definition) is 1. The summed E-state index contributed by atoms with van der Waals surface area (Å²) >= 11 is 3.57. The van der Waals surface area contributed by atoms with E-state index < -0.39 is 0 Å². The first-order valence-corrected chi connectivity index (χ1v) is 8.10. The number of rotatable bonds is 3. The summed E-state index contributed by atoms with van der Waals surface area (Å²) in [5, 5.41) is 3.78. The molecule has 3 rings (SSSR count). The van der Waals surface area contributed by atoms with Crippen LogP contribution in [-0.2, 0) is 6.54 Å². The van der Waals surface area contributed by atoms with Crippen molar-refractivity contribution in [2.45, 2.75) is 44.8 Å². The number of nitrogens with zero attached hydrogens (tertiary/aromatic N) is 1. The molecule has 2 unspecified atom stereocenters. The van der Waals surface area contributed by atoms with Crippen LogP contribution in [0.15, 0.2) is 28.7 Å². The Labute approximate surface area is 124 Å². The van der Waals surface area contributed by atoms with Gasteiger partial charge in [0.25, 0.3) is 0 Å². The fourth-order valence-corrected chi connectivity index (χ4v) is 3.67. The third kappa shape index (κ3) is 3.04. The van der Waals surface area contributed by atoms with E-state index in [1.54, 1.807) is 0 Å². The van der Waals surface area contributed by atoms with E-state index in [1.165, 1.54) is 29.4 Å². The van der Waals surface area contributed by atoms with Crippen LogP contribution in [-0.4, -0.2) is 29.6 Å². The van der Waals surface area contributed by atoms with Crippen LogP contribution >= 0.6 is 15.9 Å². The first-order valence-electron chi connectivity index (χ1n) is 7.30. The first kappa shape index (κ1) is 13.6. The van der Waals surface area contributed by atoms with Crippen molar-refractivity contribution in [1.29, 1.82) is 0 Å². The van der Waals surface area contributed by atoms with Crippen molar-refractivity contribution in [2.24, 2.45) is 5.92 Å². The highest BCUT2D eigenvalue weighted by Crippen LogP contribution is 2.41. The molecule has 1 aromatic carbocycles. The van der Waals surface area contributed by atoms with E-state index in [9.17, 15) is 0 Å². The van der Waals surface area contributed by atoms with Crippen LogP contribution in [0.2, 0.25) is 0 Å². The van der Waals surface area contributed by atoms with Crippen LogP contribution in [0.3, 0.4) is 0 Å². The average Bonchev–Trinajstić information content (AvgIpc) is 3.19. The summed E-state index contributed by atoms with van der Waals surface area (Å²) in [4.78, 5) is 2.64. The standard InChI is InChI=1S/C16H23BrN2/c1-12-9-18-16(2,14-6-7-14)11-19(12)10-13-4-3-5-15(17)8-13/h3-5,8,12,14,18H,6-7,9-11H2,1-2H3. The summed E-state index contributed by atoms with van der Waals surface area (Å²) in [7, 11) is 0. The molecule has 1 N–H and O–H groups in total. The summed E-state index contributed by atoms with van der Waals surface area (Å²) in [6, 6.07) is 9.31. The Kier molecular flexibility index (Phi) is 3.71. The lowest BCUT2D eigenvalue weighted by Gasteiger charge is -2.45. The topological polar surface area (TPSA) is 15.3 Å². The third-order valence-electron chi connectivity index (χ3n) is 4.71. The molecule has 2 nitrogen and oxygen atoms in total. The zero-order valence-corrected chi connectivity index (χ0v) is 13.4. The number of piperazine rings is 1. The Morgan fingerprint density at radius 3 is 2.89 bits per heavy atom. The van der Waals surface area contributed by atoms with Crippen LogP contribution in [0, 0.1) is 5.92 Å². The third-order valence-corrected chi connectivity index (χ3v) is 5.20. The summed E-state index contributed by atoms with van der Waals surface area (Å²) in [6.45, 7) is 8.08. The number of benzene rings is 1. The Morgan fingerprint density at radius 2 is 2.21 bits per heavy atom. The molecule has 0 spiro atoms. The van der Waals surface area contributed by atoms with E-state index in [0.29, 0.717) is 11.6 Å². The molecule has 1 saturated carbocycles. The number of nitrogens with one attached hydrogen (secondary N) is 1. The Morgan fingerprint density at radius 1 is 1.42 bits per heavy atom. The highest BCUT2D eigenvalue weighted by Gasteiger charge is 2.45. The van der Waals surface area contributed by atoms with Gasteiger partial charge < -0.3 is 5.32 Å². The second-order valence-electron chi connectivity index (χ2n) is 6.46. The lowest BCUT2D eigenvalue weighted by atomic mass is 9.91. The maximum absolute atomic E-state index is 3.78. The van der Waals surface area contributed by atoms with E-state index in [-0.39, 0.29) is 0 Å². The number of halogens is 1. The molecule has 1 saturated heterocycles. The van der Waals surface area contributed by atoms with E-state index in [4.69, 9.17) is 0 Å². The maximum atomic E-state index is 3.78. The maximum Gasteiger partial charge on any atom is 0.0309 e. The van der Waals surface area contributed by atoms with Crippen molar-refractivity contribution in [1.82, 2.24) is 10.2 Å². The largest absolute Gasteiger partial charge is 0.308 e. The van der Waals surface area contributed by atoms with Gasteiger partial charge in [-0.3, -0.25) is 4.90 Å². The highest BCUT2D eigenvalue weighted by molar-refractivity contribution is 9.10. The van der Waals surface area contributed by atoms with Crippen molar-refractivity contribution >= 4 is 15.9 Å². The van der Waals surface area contributed by atoms with Crippen LogP contribution in [0.5, 0.6) is 0 Å². The quantitative estimate of drug-likeness (QED) is 0.917. The van der Waals surface area contributed by atoms with E-state index in [1.807, 2.05) is 0 Å². The fourth-order valence-electron chi connectivity index (χ4n) is 3.22. The normalized spacial score (nSPS) is 32.5. The van der Waals surface area contributed by atoms with E-state index >= 15 is 0 Å². The molecule has 0 aromatic heterocycles. The first-order chi connectivity index (χ1) is 9.07. The molecule has 0 bridgehead atoms. The van der Waals surface area contributed by atoms with Gasteiger partial charge in [-0.15, -0.1) is 0 Å². The molecule has 0 amide bonds. The van der Waals surface area contributed by atoms with Gasteiger partial charge >= 0.3 is 0 Å². The molecular weight excluding hydrogens is 300 g/mol. The highest BCUT2D eigenvalue weighted by atomic mass is 79.9. The molecule has 2 aliphatic rings. The molecule has 1 aliphatic carbocycles. The van der Waals surface area contributed by atoms with Gasteiger partial charge in [0.2, 0.25) is 0 Å². The van der Waals surface area contributed by atoms with Gasteiger partial charge in [-0.1, -0.05) is 28.1 Å². The molecule has 1 aliphatic heterocycles. The molecule has 2 fully saturated rings. The van der Waals surface area contributed by atoms with Crippen molar-refractivity contribution in [3.8, 4) is 0 Å². The van der Waals surface area contributed by atoms with Gasteiger partial charge in [0, 0.05) is 35.7 Å². The fraction of sp³-hybridized carbons (Fsp3) is 0.625. The van der Waals surface area contributed by atoms with Gasteiger partial charge in [-0.05, 0) is 50.3 Å². The molecule has 0 radical (unpaired) electrons. The monoisotopic (exact) mass is 322 g/mol. The van der Waals surface area contributed by atoms with Crippen molar-refractivity contribution in [2.75, 3.05) is 13.1 Å². The van der Waals surface area contributed by atoms with Gasteiger partial charge in [-0.2, -0.15) is 0 Å². The predicted octanol–water partition coefficient (Wildman–Crippen LogP) is 3.41. The minimum Gasteiger partial charge on any atom is -0.308 e. The summed E-state index contributed by atoms with van der Waals surface area (Å²) < 4.78 is 1.18. The second kappa shape index (κ2) is 5.19. The van der Waals surface area contributed by atoms with E-state index in [0.717, 1.165) is 19.0 Å². The summed E-state index contributed by atoms with van der Waals surface area (Å²) in [6.07, 6.45) is 2.81. The van der Waals surface area contributed by atoms with Gasteiger partial charge in [-0.25, -0.2) is 0 Å². The van der Waals surface area contributed by atoms with Crippen molar-refractivity contribution in [3.63, 3.8) is 0 Å². The molecule has 1 aromatic rings. The SMILES string of the molecule is CC1CNC(C)(C2CC2)CN1Cc1cccc(Br)c1. The van der Waals surface area contributed by atoms with Crippen LogP contribution in [0.25, 0.3) is 0 Å². The summed E-state index contributed by atoms with van der Waals surface area (Å²) in [5.41, 5.74) is 1.74. The van der Waals surface area contributed by atoms with Crippen LogP contribution in [0.1, 0.15) is 32.3 Å². The average molecular weight is 323 g/mol. The van der Waals surface area contributed by atoms with Crippen LogP contribution < -0.4 is 5.32 Å². The van der Waals surface area contributed by atoms with Gasteiger partial charge in [0.05, 0.1) is 0 Å². The number of hydrogen-bond acceptors (Lipinski definition) is 2. The lowest BCUT2D eigenvalue weighted by molar-refractivity contribution is 0.0770. The minimum absolute atomic E-state index is 0.332. The van der Waals surface area contributed by atoms with Gasteiger partial charge in [0.1, 0.15) is 0 Å². The molecule has 3 heteroatoms.